The van der Waals surface area contributed by atoms with Gasteiger partial charge in [0.05, 0.1) is 46.7 Å². The zero-order valence-electron chi connectivity index (χ0n) is 23.2. The van der Waals surface area contributed by atoms with Crippen molar-refractivity contribution in [1.29, 1.82) is 0 Å². The van der Waals surface area contributed by atoms with Gasteiger partial charge in [-0.2, -0.15) is 5.10 Å². The van der Waals surface area contributed by atoms with Gasteiger partial charge in [-0.1, -0.05) is 33.4 Å². The molecule has 5 heterocycles. The second-order valence-electron chi connectivity index (χ2n) is 11.9. The van der Waals surface area contributed by atoms with Crippen LogP contribution in [0.25, 0.3) is 44.3 Å². The van der Waals surface area contributed by atoms with Crippen LogP contribution in [0.3, 0.4) is 0 Å². The van der Waals surface area contributed by atoms with Crippen LogP contribution in [0.15, 0.2) is 67.4 Å². The molecule has 8 heteroatoms. The minimum absolute atomic E-state index is 0.168. The van der Waals surface area contributed by atoms with Gasteiger partial charge in [0.25, 0.3) is 0 Å². The Kier molecular flexibility index (Phi) is 6.35. The molecule has 1 fully saturated rings. The summed E-state index contributed by atoms with van der Waals surface area (Å²) in [7, 11) is 2.17. The number of piperazine rings is 1. The van der Waals surface area contributed by atoms with Crippen molar-refractivity contribution in [3.8, 4) is 22.5 Å². The fraction of sp³-hybridized carbons (Fsp3) is 0.323. The van der Waals surface area contributed by atoms with E-state index in [9.17, 15) is 0 Å². The SMILES string of the molecule is C=C(CC(C)(C)C)Nc1cncc(-c2ccc3[nH]nc(-c4cc5c(N6CCN(C)CC6)cncc5[nH]4)c3c2)c1. The van der Waals surface area contributed by atoms with Gasteiger partial charge < -0.3 is 20.1 Å². The highest BCUT2D eigenvalue weighted by Gasteiger charge is 2.19. The molecule has 39 heavy (non-hydrogen) atoms. The Morgan fingerprint density at radius 3 is 2.51 bits per heavy atom. The number of nitrogens with zero attached hydrogens (tertiary/aromatic N) is 5. The first-order valence-corrected chi connectivity index (χ1v) is 13.5. The number of rotatable bonds is 6. The topological polar surface area (TPSA) is 88.8 Å². The maximum Gasteiger partial charge on any atom is 0.116 e. The summed E-state index contributed by atoms with van der Waals surface area (Å²) in [5.74, 6) is 0. The minimum Gasteiger partial charge on any atom is -0.367 e. The fourth-order valence-corrected chi connectivity index (χ4v) is 5.42. The third-order valence-electron chi connectivity index (χ3n) is 7.32. The summed E-state index contributed by atoms with van der Waals surface area (Å²) in [6.07, 6.45) is 8.51. The lowest BCUT2D eigenvalue weighted by Crippen LogP contribution is -2.44. The fourth-order valence-electron chi connectivity index (χ4n) is 5.42. The van der Waals surface area contributed by atoms with Crippen LogP contribution in [0, 0.1) is 5.41 Å². The Bertz CT molecular complexity index is 1650. The number of fused-ring (bicyclic) bond motifs is 2. The molecular formula is C31H36N8. The molecule has 0 bridgehead atoms. The van der Waals surface area contributed by atoms with Crippen molar-refractivity contribution in [2.24, 2.45) is 5.41 Å². The van der Waals surface area contributed by atoms with Crippen LogP contribution in [-0.2, 0) is 0 Å². The largest absolute Gasteiger partial charge is 0.367 e. The summed E-state index contributed by atoms with van der Waals surface area (Å²) in [5.41, 5.74) is 9.27. The molecule has 5 aromatic rings. The summed E-state index contributed by atoms with van der Waals surface area (Å²) >= 11 is 0. The maximum atomic E-state index is 4.70. The second kappa shape index (κ2) is 9.85. The van der Waals surface area contributed by atoms with Crippen LogP contribution in [-0.4, -0.2) is 63.3 Å². The van der Waals surface area contributed by atoms with E-state index in [2.05, 4.69) is 99.9 Å². The van der Waals surface area contributed by atoms with Gasteiger partial charge in [0.2, 0.25) is 0 Å². The highest BCUT2D eigenvalue weighted by Crippen LogP contribution is 2.35. The van der Waals surface area contributed by atoms with E-state index < -0.39 is 0 Å². The average molecular weight is 521 g/mol. The van der Waals surface area contributed by atoms with E-state index >= 15 is 0 Å². The number of allylic oxidation sites excluding steroid dienone is 1. The number of pyridine rings is 2. The molecule has 0 saturated carbocycles. The molecule has 0 spiro atoms. The summed E-state index contributed by atoms with van der Waals surface area (Å²) in [6.45, 7) is 14.9. The van der Waals surface area contributed by atoms with Gasteiger partial charge >= 0.3 is 0 Å². The molecule has 0 amide bonds. The summed E-state index contributed by atoms with van der Waals surface area (Å²) < 4.78 is 0. The van der Waals surface area contributed by atoms with E-state index in [1.807, 2.05) is 24.8 Å². The van der Waals surface area contributed by atoms with Gasteiger partial charge in [-0.25, -0.2) is 0 Å². The predicted octanol–water partition coefficient (Wildman–Crippen LogP) is 6.28. The Morgan fingerprint density at radius 1 is 0.923 bits per heavy atom. The Morgan fingerprint density at radius 2 is 1.72 bits per heavy atom. The third kappa shape index (κ3) is 5.25. The standard InChI is InChI=1S/C31H36N8/c1-20(15-31(2,3)4)34-23-12-22(16-32-17-23)21-6-7-26-25(13-21)30(37-36-26)27-14-24-28(35-27)18-33-19-29(24)39-10-8-38(5)9-11-39/h6-7,12-14,16-19,34-35H,1,8-11,15H2,2-5H3,(H,36,37). The quantitative estimate of drug-likeness (QED) is 0.244. The third-order valence-corrected chi connectivity index (χ3v) is 7.32. The summed E-state index contributed by atoms with van der Waals surface area (Å²) in [4.78, 5) is 17.4. The molecule has 8 nitrogen and oxygen atoms in total. The molecule has 0 aliphatic carbocycles. The molecule has 1 saturated heterocycles. The Labute approximate surface area is 229 Å². The smallest absolute Gasteiger partial charge is 0.116 e. The number of anilines is 2. The van der Waals surface area contributed by atoms with Crippen molar-refractivity contribution in [2.75, 3.05) is 43.4 Å². The summed E-state index contributed by atoms with van der Waals surface area (Å²) in [5, 5.41) is 13.6. The van der Waals surface area contributed by atoms with Gasteiger partial charge in [0, 0.05) is 54.4 Å². The number of likely N-dealkylation sites (N-methyl/N-ethyl adjacent to an activating group) is 1. The van der Waals surface area contributed by atoms with E-state index in [0.717, 1.165) is 82.9 Å². The van der Waals surface area contributed by atoms with Crippen LogP contribution < -0.4 is 10.2 Å². The molecule has 3 N–H and O–H groups in total. The molecule has 200 valence electrons. The van der Waals surface area contributed by atoms with Crippen molar-refractivity contribution >= 4 is 33.2 Å². The number of nitrogens with one attached hydrogen (secondary N) is 3. The summed E-state index contributed by atoms with van der Waals surface area (Å²) in [6, 6.07) is 10.7. The lowest BCUT2D eigenvalue weighted by Gasteiger charge is -2.34. The van der Waals surface area contributed by atoms with Crippen molar-refractivity contribution in [3.63, 3.8) is 0 Å². The monoisotopic (exact) mass is 520 g/mol. The molecular weight excluding hydrogens is 484 g/mol. The van der Waals surface area contributed by atoms with Crippen molar-refractivity contribution in [2.45, 2.75) is 27.2 Å². The molecule has 0 radical (unpaired) electrons. The van der Waals surface area contributed by atoms with E-state index in [0.29, 0.717) is 0 Å². The van der Waals surface area contributed by atoms with Crippen molar-refractivity contribution in [3.05, 3.63) is 67.4 Å². The molecule has 1 aliphatic heterocycles. The highest BCUT2D eigenvalue weighted by molar-refractivity contribution is 6.00. The van der Waals surface area contributed by atoms with Gasteiger partial charge in [-0.3, -0.25) is 15.1 Å². The minimum atomic E-state index is 0.168. The number of hydrogen-bond donors (Lipinski definition) is 3. The molecule has 1 aliphatic rings. The van der Waals surface area contributed by atoms with E-state index in [4.69, 9.17) is 5.10 Å². The zero-order chi connectivity index (χ0) is 27.1. The number of H-pyrrole nitrogens is 2. The van der Waals surface area contributed by atoms with Gasteiger partial charge in [-0.05, 0) is 48.7 Å². The van der Waals surface area contributed by atoms with Crippen molar-refractivity contribution < 1.29 is 0 Å². The predicted molar refractivity (Wildman–Crippen MR) is 161 cm³/mol. The van der Waals surface area contributed by atoms with Gasteiger partial charge in [0.1, 0.15) is 5.69 Å². The number of benzene rings is 1. The number of hydrogen-bond acceptors (Lipinski definition) is 6. The van der Waals surface area contributed by atoms with Crippen LogP contribution in [0.4, 0.5) is 11.4 Å². The van der Waals surface area contributed by atoms with Gasteiger partial charge in [0.15, 0.2) is 0 Å². The first-order chi connectivity index (χ1) is 18.7. The van der Waals surface area contributed by atoms with Crippen LogP contribution in [0.5, 0.6) is 0 Å². The second-order valence-corrected chi connectivity index (χ2v) is 11.9. The van der Waals surface area contributed by atoms with E-state index in [1.165, 1.54) is 11.1 Å². The molecule has 0 unspecified atom stereocenters. The van der Waals surface area contributed by atoms with Crippen LogP contribution in [0.1, 0.15) is 27.2 Å². The van der Waals surface area contributed by atoms with Crippen LogP contribution in [0.2, 0.25) is 0 Å². The van der Waals surface area contributed by atoms with E-state index in [-0.39, 0.29) is 5.41 Å². The molecule has 1 aromatic carbocycles. The van der Waals surface area contributed by atoms with Crippen LogP contribution >= 0.6 is 0 Å². The first kappa shape index (κ1) is 25.1. The first-order valence-electron chi connectivity index (χ1n) is 13.5. The number of aromatic nitrogens is 5. The highest BCUT2D eigenvalue weighted by atomic mass is 15.3. The lowest BCUT2D eigenvalue weighted by molar-refractivity contribution is 0.313. The maximum absolute atomic E-state index is 4.70. The normalized spacial score (nSPS) is 14.8. The molecule has 6 rings (SSSR count). The van der Waals surface area contributed by atoms with Gasteiger partial charge in [-0.15, -0.1) is 0 Å². The lowest BCUT2D eigenvalue weighted by atomic mass is 9.91. The molecule has 4 aromatic heterocycles. The Hall–Kier alpha value is -4.17. The zero-order valence-corrected chi connectivity index (χ0v) is 23.2. The van der Waals surface area contributed by atoms with Crippen molar-refractivity contribution in [1.82, 2.24) is 30.0 Å². The number of aromatic amines is 2. The Balaban J connectivity index is 1.32. The molecule has 0 atom stereocenters. The van der Waals surface area contributed by atoms with E-state index in [1.54, 1.807) is 0 Å². The average Bonchev–Trinajstić information content (AvgIpc) is 3.52.